The third-order valence-corrected chi connectivity index (χ3v) is 4.33. The normalized spacial score (nSPS) is 15.9. The predicted molar refractivity (Wildman–Crippen MR) is 117 cm³/mol. The first-order valence-electron chi connectivity index (χ1n) is 8.71. The Kier molecular flexibility index (Phi) is 10.1. The zero-order valence-electron chi connectivity index (χ0n) is 15.6. The van der Waals surface area contributed by atoms with Crippen molar-refractivity contribution in [2.45, 2.75) is 26.9 Å². The van der Waals surface area contributed by atoms with Crippen molar-refractivity contribution in [3.63, 3.8) is 0 Å². The molecule has 0 spiro atoms. The summed E-state index contributed by atoms with van der Waals surface area (Å²) in [4.78, 5) is 20.2. The number of hydrogen-bond donors (Lipinski definition) is 1. The number of carbonyl (C=O) groups is 1. The van der Waals surface area contributed by atoms with Gasteiger partial charge in [-0.15, -0.1) is 24.0 Å². The molecule has 6 nitrogen and oxygen atoms in total. The fraction of sp³-hybridized carbons (Fsp3) is 0.556. The molecule has 0 radical (unpaired) electrons. The van der Waals surface area contributed by atoms with Crippen molar-refractivity contribution in [1.82, 2.24) is 15.1 Å². The van der Waals surface area contributed by atoms with E-state index in [0.29, 0.717) is 17.3 Å². The second-order valence-electron chi connectivity index (χ2n) is 6.05. The van der Waals surface area contributed by atoms with Gasteiger partial charge in [-0.25, -0.2) is 4.99 Å². The van der Waals surface area contributed by atoms with Gasteiger partial charge in [-0.05, 0) is 26.0 Å². The number of halogens is 2. The number of hydrogen-bond acceptors (Lipinski definition) is 3. The summed E-state index contributed by atoms with van der Waals surface area (Å²) in [6, 6.07) is 7.44. The Balaban J connectivity index is 0.00000338. The summed E-state index contributed by atoms with van der Waals surface area (Å²) in [5.74, 6) is 1.66. The molecule has 1 fully saturated rings. The van der Waals surface area contributed by atoms with Crippen LogP contribution in [0.4, 0.5) is 0 Å². The van der Waals surface area contributed by atoms with Gasteiger partial charge >= 0.3 is 0 Å². The molecule has 0 saturated carbocycles. The van der Waals surface area contributed by atoms with Crippen molar-refractivity contribution in [3.8, 4) is 5.75 Å². The van der Waals surface area contributed by atoms with Crippen LogP contribution >= 0.6 is 35.6 Å². The lowest BCUT2D eigenvalue weighted by atomic mass is 10.3. The van der Waals surface area contributed by atoms with Crippen molar-refractivity contribution < 1.29 is 9.53 Å². The first kappa shape index (κ1) is 22.8. The molecule has 1 aliphatic heterocycles. The highest BCUT2D eigenvalue weighted by Gasteiger charge is 2.21. The molecular formula is C18H28ClIN4O2. The van der Waals surface area contributed by atoms with E-state index < -0.39 is 0 Å². The summed E-state index contributed by atoms with van der Waals surface area (Å²) in [6.45, 7) is 9.98. The Morgan fingerprint density at radius 3 is 2.46 bits per heavy atom. The van der Waals surface area contributed by atoms with Crippen LogP contribution in [-0.4, -0.2) is 67.0 Å². The summed E-state index contributed by atoms with van der Waals surface area (Å²) < 4.78 is 5.87. The molecule has 0 aromatic heterocycles. The first-order valence-corrected chi connectivity index (χ1v) is 9.09. The molecule has 1 N–H and O–H groups in total. The van der Waals surface area contributed by atoms with Gasteiger partial charge in [-0.1, -0.05) is 23.7 Å². The van der Waals surface area contributed by atoms with E-state index in [1.807, 2.05) is 43.0 Å². The molecule has 1 heterocycles. The average molecular weight is 495 g/mol. The zero-order chi connectivity index (χ0) is 18.2. The van der Waals surface area contributed by atoms with E-state index in [-0.39, 0.29) is 36.0 Å². The SMILES string of the molecule is CCNC(=NCC(C)Oc1ccccc1Cl)N1CCN(C(C)=O)CC1.I. The van der Waals surface area contributed by atoms with E-state index in [1.165, 1.54) is 0 Å². The van der Waals surface area contributed by atoms with Gasteiger partial charge in [0.05, 0.1) is 11.6 Å². The third kappa shape index (κ3) is 6.83. The molecule has 1 aromatic carbocycles. The maximum absolute atomic E-state index is 11.5. The van der Waals surface area contributed by atoms with E-state index in [2.05, 4.69) is 10.2 Å². The molecule has 146 valence electrons. The molecule has 1 saturated heterocycles. The molecule has 1 amide bonds. The number of ether oxygens (including phenoxy) is 1. The quantitative estimate of drug-likeness (QED) is 0.389. The van der Waals surface area contributed by atoms with Crippen LogP contribution in [0.3, 0.4) is 0 Å². The number of amides is 1. The summed E-state index contributed by atoms with van der Waals surface area (Å²) in [6.07, 6.45) is -0.0907. The summed E-state index contributed by atoms with van der Waals surface area (Å²) >= 11 is 6.13. The fourth-order valence-electron chi connectivity index (χ4n) is 2.67. The van der Waals surface area contributed by atoms with Gasteiger partial charge in [0, 0.05) is 39.6 Å². The minimum absolute atomic E-state index is 0. The largest absolute Gasteiger partial charge is 0.487 e. The first-order chi connectivity index (χ1) is 12.0. The highest BCUT2D eigenvalue weighted by Crippen LogP contribution is 2.24. The standard InChI is InChI=1S/C18H27ClN4O2.HI/c1-4-20-18(23-11-9-22(10-12-23)15(3)24)21-13-14(2)25-17-8-6-5-7-16(17)19;/h5-8,14H,4,9-13H2,1-3H3,(H,20,21);1H. The Bertz CT molecular complexity index is 607. The molecule has 0 bridgehead atoms. The monoisotopic (exact) mass is 494 g/mol. The number of piperazine rings is 1. The van der Waals surface area contributed by atoms with E-state index in [0.717, 1.165) is 38.7 Å². The molecule has 1 atom stereocenters. The third-order valence-electron chi connectivity index (χ3n) is 4.02. The topological polar surface area (TPSA) is 57.2 Å². The Labute approximate surface area is 177 Å². The number of benzene rings is 1. The highest BCUT2D eigenvalue weighted by atomic mass is 127. The second kappa shape index (κ2) is 11.5. The van der Waals surface area contributed by atoms with Gasteiger partial charge in [0.1, 0.15) is 11.9 Å². The van der Waals surface area contributed by atoms with E-state index in [1.54, 1.807) is 6.92 Å². The number of aliphatic imine (C=N–C) groups is 1. The summed E-state index contributed by atoms with van der Waals surface area (Å²) in [5, 5.41) is 3.92. The van der Waals surface area contributed by atoms with Crippen LogP contribution in [0.1, 0.15) is 20.8 Å². The van der Waals surface area contributed by atoms with Crippen LogP contribution in [0.25, 0.3) is 0 Å². The lowest BCUT2D eigenvalue weighted by Gasteiger charge is -2.36. The molecule has 26 heavy (non-hydrogen) atoms. The summed E-state index contributed by atoms with van der Waals surface area (Å²) in [7, 11) is 0. The van der Waals surface area contributed by atoms with Crippen LogP contribution in [0, 0.1) is 0 Å². The Morgan fingerprint density at radius 2 is 1.88 bits per heavy atom. The number of rotatable bonds is 5. The van der Waals surface area contributed by atoms with Gasteiger partial charge in [0.25, 0.3) is 0 Å². The number of para-hydroxylation sites is 1. The van der Waals surface area contributed by atoms with Gasteiger partial charge in [-0.2, -0.15) is 0 Å². The molecule has 1 aliphatic rings. The molecule has 1 unspecified atom stereocenters. The number of carbonyl (C=O) groups excluding carboxylic acids is 1. The van der Waals surface area contributed by atoms with Crippen LogP contribution in [0.15, 0.2) is 29.3 Å². The van der Waals surface area contributed by atoms with Crippen LogP contribution < -0.4 is 10.1 Å². The van der Waals surface area contributed by atoms with Crippen LogP contribution in [-0.2, 0) is 4.79 Å². The van der Waals surface area contributed by atoms with Crippen molar-refractivity contribution in [1.29, 1.82) is 0 Å². The summed E-state index contributed by atoms with van der Waals surface area (Å²) in [5.41, 5.74) is 0. The molecule has 1 aromatic rings. The highest BCUT2D eigenvalue weighted by molar-refractivity contribution is 14.0. The molecule has 2 rings (SSSR count). The molecule has 0 aliphatic carbocycles. The van der Waals surface area contributed by atoms with Gasteiger partial charge < -0.3 is 19.9 Å². The van der Waals surface area contributed by atoms with E-state index >= 15 is 0 Å². The number of nitrogens with one attached hydrogen (secondary N) is 1. The second-order valence-corrected chi connectivity index (χ2v) is 6.45. The zero-order valence-corrected chi connectivity index (χ0v) is 18.7. The van der Waals surface area contributed by atoms with Gasteiger partial charge in [0.2, 0.25) is 5.91 Å². The van der Waals surface area contributed by atoms with Crippen LogP contribution in [0.5, 0.6) is 5.75 Å². The average Bonchev–Trinajstić information content (AvgIpc) is 2.60. The van der Waals surface area contributed by atoms with E-state index in [9.17, 15) is 4.79 Å². The van der Waals surface area contributed by atoms with E-state index in [4.69, 9.17) is 21.3 Å². The molecular weight excluding hydrogens is 467 g/mol. The minimum Gasteiger partial charge on any atom is -0.487 e. The van der Waals surface area contributed by atoms with Crippen molar-refractivity contribution >= 4 is 47.4 Å². The van der Waals surface area contributed by atoms with Gasteiger partial charge in [-0.3, -0.25) is 4.79 Å². The minimum atomic E-state index is -0.0907. The molecule has 8 heteroatoms. The van der Waals surface area contributed by atoms with Gasteiger partial charge in [0.15, 0.2) is 5.96 Å². The fourth-order valence-corrected chi connectivity index (χ4v) is 2.85. The Morgan fingerprint density at radius 1 is 1.27 bits per heavy atom. The van der Waals surface area contributed by atoms with Crippen molar-refractivity contribution in [3.05, 3.63) is 29.3 Å². The smallest absolute Gasteiger partial charge is 0.219 e. The van der Waals surface area contributed by atoms with Crippen molar-refractivity contribution in [2.24, 2.45) is 4.99 Å². The maximum Gasteiger partial charge on any atom is 0.219 e. The number of guanidine groups is 1. The van der Waals surface area contributed by atoms with Crippen LogP contribution in [0.2, 0.25) is 5.02 Å². The predicted octanol–water partition coefficient (Wildman–Crippen LogP) is 2.85. The lowest BCUT2D eigenvalue weighted by Crippen LogP contribution is -2.53. The number of nitrogens with zero attached hydrogens (tertiary/aromatic N) is 3. The maximum atomic E-state index is 11.5. The van der Waals surface area contributed by atoms with Crippen molar-refractivity contribution in [2.75, 3.05) is 39.3 Å². The Hall–Kier alpha value is -1.22. The lowest BCUT2D eigenvalue weighted by molar-refractivity contribution is -0.130.